The number of aromatic nitrogens is 2. The van der Waals surface area contributed by atoms with Crippen LogP contribution in [-0.2, 0) is 6.54 Å². The number of carbonyl (C=O) groups is 1. The molecule has 0 aliphatic carbocycles. The van der Waals surface area contributed by atoms with Crippen molar-refractivity contribution in [3.05, 3.63) is 52.8 Å². The molecule has 0 fully saturated rings. The van der Waals surface area contributed by atoms with Crippen LogP contribution in [-0.4, -0.2) is 21.0 Å². The molecule has 0 radical (unpaired) electrons. The molecule has 2 aromatic rings. The molecule has 19 heavy (non-hydrogen) atoms. The Labute approximate surface area is 111 Å². The summed E-state index contributed by atoms with van der Waals surface area (Å²) in [5.41, 5.74) is 2.90. The Morgan fingerprint density at radius 2 is 2.16 bits per heavy atom. The molecule has 5 nitrogen and oxygen atoms in total. The summed E-state index contributed by atoms with van der Waals surface area (Å²) in [6.45, 7) is 4.29. The Kier molecular flexibility index (Phi) is 3.75. The molecule has 0 unspecified atom stereocenters. The Hall–Kier alpha value is -2.43. The van der Waals surface area contributed by atoms with Crippen LogP contribution < -0.4 is 5.32 Å². The molecule has 0 saturated carbocycles. The number of hydrogen-bond acceptors (Lipinski definition) is 4. The van der Waals surface area contributed by atoms with E-state index in [9.17, 15) is 4.79 Å². The number of nitrogens with zero attached hydrogens (tertiary/aromatic N) is 2. The summed E-state index contributed by atoms with van der Waals surface area (Å²) in [5.74, 6) is -0.577. The van der Waals surface area contributed by atoms with Gasteiger partial charge in [-0.15, -0.1) is 0 Å². The maximum atomic E-state index is 10.8. The van der Waals surface area contributed by atoms with E-state index in [1.807, 2.05) is 25.1 Å². The minimum absolute atomic E-state index is 0.126. The van der Waals surface area contributed by atoms with Gasteiger partial charge in [0, 0.05) is 12.7 Å². The van der Waals surface area contributed by atoms with Crippen molar-refractivity contribution in [2.24, 2.45) is 0 Å². The molecule has 0 saturated heterocycles. The lowest BCUT2D eigenvalue weighted by Crippen LogP contribution is -2.08. The zero-order chi connectivity index (χ0) is 13.8. The molecule has 2 rings (SSSR count). The second kappa shape index (κ2) is 5.48. The van der Waals surface area contributed by atoms with E-state index in [4.69, 9.17) is 5.11 Å². The third-order valence-corrected chi connectivity index (χ3v) is 2.74. The van der Waals surface area contributed by atoms with Gasteiger partial charge in [0.1, 0.15) is 0 Å². The summed E-state index contributed by atoms with van der Waals surface area (Å²) in [6, 6.07) is 8.11. The summed E-state index contributed by atoms with van der Waals surface area (Å²) in [4.78, 5) is 19.0. The van der Waals surface area contributed by atoms with Crippen LogP contribution in [0.25, 0.3) is 0 Å². The Bertz CT molecular complexity index is 611. The highest BCUT2D eigenvalue weighted by molar-refractivity contribution is 5.88. The number of nitrogens with one attached hydrogen (secondary N) is 1. The van der Waals surface area contributed by atoms with E-state index in [0.29, 0.717) is 18.2 Å². The average molecular weight is 257 g/mol. The Morgan fingerprint density at radius 1 is 1.37 bits per heavy atom. The predicted molar refractivity (Wildman–Crippen MR) is 72.2 cm³/mol. The Morgan fingerprint density at radius 3 is 2.79 bits per heavy atom. The smallest absolute Gasteiger partial charge is 0.339 e. The molecule has 0 amide bonds. The zero-order valence-electron chi connectivity index (χ0n) is 10.8. The van der Waals surface area contributed by atoms with E-state index >= 15 is 0 Å². The second-order valence-corrected chi connectivity index (χ2v) is 4.34. The lowest BCUT2D eigenvalue weighted by Gasteiger charge is -2.07. The molecule has 98 valence electrons. The minimum atomic E-state index is -1.01. The first-order valence-electron chi connectivity index (χ1n) is 5.92. The number of hydrogen-bond donors (Lipinski definition) is 2. The molecule has 0 bridgehead atoms. The van der Waals surface area contributed by atoms with Crippen molar-refractivity contribution in [2.45, 2.75) is 20.4 Å². The van der Waals surface area contributed by atoms with E-state index < -0.39 is 5.97 Å². The summed E-state index contributed by atoms with van der Waals surface area (Å²) < 4.78 is 0. The molecule has 0 spiro atoms. The van der Waals surface area contributed by atoms with E-state index in [1.165, 1.54) is 11.8 Å². The molecule has 1 aromatic heterocycles. The van der Waals surface area contributed by atoms with E-state index in [2.05, 4.69) is 21.4 Å². The first-order chi connectivity index (χ1) is 9.06. The van der Waals surface area contributed by atoms with Crippen LogP contribution in [0.3, 0.4) is 0 Å². The van der Waals surface area contributed by atoms with Crippen LogP contribution in [0, 0.1) is 13.8 Å². The number of benzene rings is 1. The van der Waals surface area contributed by atoms with Gasteiger partial charge in [0.25, 0.3) is 0 Å². The fourth-order valence-corrected chi connectivity index (χ4v) is 1.77. The number of carboxylic acids is 1. The van der Waals surface area contributed by atoms with Gasteiger partial charge in [-0.2, -0.15) is 0 Å². The van der Waals surface area contributed by atoms with Gasteiger partial charge in [-0.25, -0.2) is 14.8 Å². The Balaban J connectivity index is 2.08. The largest absolute Gasteiger partial charge is 0.478 e. The van der Waals surface area contributed by atoms with Gasteiger partial charge in [0.2, 0.25) is 5.95 Å². The molecule has 0 aliphatic rings. The second-order valence-electron chi connectivity index (χ2n) is 4.34. The molecular weight excluding hydrogens is 242 g/mol. The van der Waals surface area contributed by atoms with Gasteiger partial charge in [-0.3, -0.25) is 0 Å². The lowest BCUT2D eigenvalue weighted by atomic mass is 10.1. The standard InChI is InChI=1S/C14H15N3O2/c1-9-4-3-5-11(6-9)7-15-14-16-8-12(13(18)19)10(2)17-14/h3-6,8H,7H2,1-2H3,(H,18,19)(H,15,16,17). The number of anilines is 1. The molecule has 1 aromatic carbocycles. The number of rotatable bonds is 4. The van der Waals surface area contributed by atoms with Crippen molar-refractivity contribution in [2.75, 3.05) is 5.32 Å². The van der Waals surface area contributed by atoms with Crippen LogP contribution in [0.15, 0.2) is 30.5 Å². The maximum absolute atomic E-state index is 10.8. The van der Waals surface area contributed by atoms with Crippen molar-refractivity contribution in [3.63, 3.8) is 0 Å². The number of aromatic carboxylic acids is 1. The first-order valence-corrected chi connectivity index (χ1v) is 5.92. The van der Waals surface area contributed by atoms with Crippen LogP contribution in [0.2, 0.25) is 0 Å². The topological polar surface area (TPSA) is 75.1 Å². The van der Waals surface area contributed by atoms with Crippen molar-refractivity contribution in [3.8, 4) is 0 Å². The molecule has 1 heterocycles. The van der Waals surface area contributed by atoms with Gasteiger partial charge in [-0.05, 0) is 19.4 Å². The monoisotopic (exact) mass is 257 g/mol. The van der Waals surface area contributed by atoms with Gasteiger partial charge in [0.15, 0.2) is 0 Å². The summed E-state index contributed by atoms with van der Waals surface area (Å²) >= 11 is 0. The minimum Gasteiger partial charge on any atom is -0.478 e. The zero-order valence-corrected chi connectivity index (χ0v) is 10.8. The van der Waals surface area contributed by atoms with Crippen LogP contribution in [0.5, 0.6) is 0 Å². The van der Waals surface area contributed by atoms with Gasteiger partial charge >= 0.3 is 5.97 Å². The average Bonchev–Trinajstić information content (AvgIpc) is 2.36. The number of aryl methyl sites for hydroxylation is 2. The molecule has 0 aliphatic heterocycles. The highest BCUT2D eigenvalue weighted by Crippen LogP contribution is 2.09. The summed E-state index contributed by atoms with van der Waals surface area (Å²) in [7, 11) is 0. The third kappa shape index (κ3) is 3.28. The van der Waals surface area contributed by atoms with Crippen LogP contribution in [0.1, 0.15) is 27.2 Å². The first kappa shape index (κ1) is 13.0. The summed E-state index contributed by atoms with van der Waals surface area (Å²) in [5, 5.41) is 12.0. The fourth-order valence-electron chi connectivity index (χ4n) is 1.77. The van der Waals surface area contributed by atoms with Gasteiger partial charge < -0.3 is 10.4 Å². The molecule has 0 atom stereocenters. The van der Waals surface area contributed by atoms with E-state index in [-0.39, 0.29) is 5.56 Å². The van der Waals surface area contributed by atoms with Crippen molar-refractivity contribution < 1.29 is 9.90 Å². The molecule has 5 heteroatoms. The van der Waals surface area contributed by atoms with Gasteiger partial charge in [0.05, 0.1) is 11.3 Å². The predicted octanol–water partition coefficient (Wildman–Crippen LogP) is 2.40. The molecule has 2 N–H and O–H groups in total. The highest BCUT2D eigenvalue weighted by atomic mass is 16.4. The third-order valence-electron chi connectivity index (χ3n) is 2.74. The van der Waals surface area contributed by atoms with Gasteiger partial charge in [-0.1, -0.05) is 29.8 Å². The van der Waals surface area contributed by atoms with E-state index in [1.54, 1.807) is 6.92 Å². The van der Waals surface area contributed by atoms with Crippen molar-refractivity contribution in [1.82, 2.24) is 9.97 Å². The highest BCUT2D eigenvalue weighted by Gasteiger charge is 2.09. The SMILES string of the molecule is Cc1cccc(CNc2ncc(C(=O)O)c(C)n2)c1. The lowest BCUT2D eigenvalue weighted by molar-refractivity contribution is 0.0695. The van der Waals surface area contributed by atoms with Crippen molar-refractivity contribution >= 4 is 11.9 Å². The number of carboxylic acid groups (broad SMARTS) is 1. The van der Waals surface area contributed by atoms with Crippen molar-refractivity contribution in [1.29, 1.82) is 0 Å². The quantitative estimate of drug-likeness (QED) is 0.879. The maximum Gasteiger partial charge on any atom is 0.339 e. The summed E-state index contributed by atoms with van der Waals surface area (Å²) in [6.07, 6.45) is 1.32. The van der Waals surface area contributed by atoms with E-state index in [0.717, 1.165) is 5.56 Å². The van der Waals surface area contributed by atoms with Crippen LogP contribution in [0.4, 0.5) is 5.95 Å². The molecular formula is C14H15N3O2. The fraction of sp³-hybridized carbons (Fsp3) is 0.214. The van der Waals surface area contributed by atoms with Crippen LogP contribution >= 0.6 is 0 Å². The normalized spacial score (nSPS) is 10.2.